The number of amides is 1. The van der Waals surface area contributed by atoms with Crippen LogP contribution in [0, 0.1) is 24.0 Å². The van der Waals surface area contributed by atoms with Gasteiger partial charge in [-0.05, 0) is 31.0 Å². The summed E-state index contributed by atoms with van der Waals surface area (Å²) in [6.07, 6.45) is 0. The Kier molecular flexibility index (Phi) is 4.31. The Morgan fingerprint density at radius 2 is 2.15 bits per heavy atom. The summed E-state index contributed by atoms with van der Waals surface area (Å²) in [4.78, 5) is 22.6. The molecule has 7 nitrogen and oxygen atoms in total. The third-order valence-corrected chi connectivity index (χ3v) is 3.30. The van der Waals surface area contributed by atoms with Crippen LogP contribution in [0.25, 0.3) is 0 Å². The van der Waals surface area contributed by atoms with Crippen molar-refractivity contribution in [3.8, 4) is 0 Å². The van der Waals surface area contributed by atoms with Crippen LogP contribution in [0.5, 0.6) is 0 Å². The first-order valence-electron chi connectivity index (χ1n) is 6.36. The number of ether oxygens (including phenoxy) is 1. The third kappa shape index (κ3) is 3.12. The second-order valence-electron chi connectivity index (χ2n) is 4.78. The fraction of sp³-hybridized carbons (Fsp3) is 0.462. The number of benzene rings is 1. The standard InChI is InChI=1S/C13H17N3O4/c1-8-5-10(12(16(18)19)6-9(8)2)15-13(17)11-7-20-4-3-14-11/h5-6,11,14H,3-4,7H2,1-2H3,(H,15,17). The summed E-state index contributed by atoms with van der Waals surface area (Å²) in [5.74, 6) is -0.323. The number of nitro groups is 1. The number of morpholine rings is 1. The van der Waals surface area contributed by atoms with Gasteiger partial charge >= 0.3 is 0 Å². The van der Waals surface area contributed by atoms with Crippen LogP contribution in [-0.4, -0.2) is 36.6 Å². The molecule has 1 aliphatic heterocycles. The third-order valence-electron chi connectivity index (χ3n) is 3.30. The molecule has 0 bridgehead atoms. The topological polar surface area (TPSA) is 93.5 Å². The Bertz CT molecular complexity index is 539. The largest absolute Gasteiger partial charge is 0.378 e. The smallest absolute Gasteiger partial charge is 0.293 e. The molecule has 0 aliphatic carbocycles. The van der Waals surface area contributed by atoms with Crippen molar-refractivity contribution in [2.24, 2.45) is 0 Å². The Balaban J connectivity index is 2.21. The first-order chi connectivity index (χ1) is 9.49. The quantitative estimate of drug-likeness (QED) is 0.639. The van der Waals surface area contributed by atoms with E-state index in [1.54, 1.807) is 13.0 Å². The number of aryl methyl sites for hydroxylation is 2. The van der Waals surface area contributed by atoms with Crippen molar-refractivity contribution in [2.45, 2.75) is 19.9 Å². The van der Waals surface area contributed by atoms with Gasteiger partial charge in [0.15, 0.2) is 0 Å². The Labute approximate surface area is 116 Å². The van der Waals surface area contributed by atoms with Crippen LogP contribution in [0.3, 0.4) is 0 Å². The molecule has 1 aromatic rings. The molecule has 0 radical (unpaired) electrons. The van der Waals surface area contributed by atoms with Gasteiger partial charge in [0, 0.05) is 12.6 Å². The lowest BCUT2D eigenvalue weighted by atomic mass is 10.1. The van der Waals surface area contributed by atoms with Gasteiger partial charge in [-0.15, -0.1) is 0 Å². The summed E-state index contributed by atoms with van der Waals surface area (Å²) in [5.41, 5.74) is 1.82. The molecule has 1 aliphatic rings. The van der Waals surface area contributed by atoms with Crippen molar-refractivity contribution in [3.05, 3.63) is 33.4 Å². The monoisotopic (exact) mass is 279 g/mol. The molecule has 0 spiro atoms. The lowest BCUT2D eigenvalue weighted by molar-refractivity contribution is -0.384. The van der Waals surface area contributed by atoms with Crippen LogP contribution in [0.4, 0.5) is 11.4 Å². The van der Waals surface area contributed by atoms with Gasteiger partial charge in [-0.1, -0.05) is 0 Å². The summed E-state index contributed by atoms with van der Waals surface area (Å²) in [6, 6.07) is 2.61. The van der Waals surface area contributed by atoms with E-state index in [2.05, 4.69) is 10.6 Å². The minimum atomic E-state index is -0.493. The van der Waals surface area contributed by atoms with E-state index in [4.69, 9.17) is 4.74 Å². The van der Waals surface area contributed by atoms with Crippen molar-refractivity contribution in [1.82, 2.24) is 5.32 Å². The fourth-order valence-corrected chi connectivity index (χ4v) is 2.01. The summed E-state index contributed by atoms with van der Waals surface area (Å²) in [5, 5.41) is 16.7. The van der Waals surface area contributed by atoms with Crippen LogP contribution in [-0.2, 0) is 9.53 Å². The molecule has 2 rings (SSSR count). The van der Waals surface area contributed by atoms with Crippen LogP contribution in [0.2, 0.25) is 0 Å². The lowest BCUT2D eigenvalue weighted by Crippen LogP contribution is -2.48. The number of rotatable bonds is 3. The van der Waals surface area contributed by atoms with E-state index >= 15 is 0 Å². The van der Waals surface area contributed by atoms with Gasteiger partial charge in [0.1, 0.15) is 11.7 Å². The van der Waals surface area contributed by atoms with Gasteiger partial charge < -0.3 is 15.4 Å². The number of carbonyl (C=O) groups excluding carboxylic acids is 1. The summed E-state index contributed by atoms with van der Waals surface area (Å²) < 4.78 is 5.20. The number of nitro benzene ring substituents is 1. The highest BCUT2D eigenvalue weighted by Gasteiger charge is 2.24. The van der Waals surface area contributed by atoms with Gasteiger partial charge in [-0.2, -0.15) is 0 Å². The molecule has 1 atom stereocenters. The second kappa shape index (κ2) is 5.98. The molecular formula is C13H17N3O4. The van der Waals surface area contributed by atoms with E-state index in [0.29, 0.717) is 13.2 Å². The highest BCUT2D eigenvalue weighted by atomic mass is 16.6. The molecule has 20 heavy (non-hydrogen) atoms. The van der Waals surface area contributed by atoms with E-state index in [1.165, 1.54) is 6.07 Å². The number of hydrogen-bond acceptors (Lipinski definition) is 5. The van der Waals surface area contributed by atoms with Crippen LogP contribution in [0.15, 0.2) is 12.1 Å². The Hall–Kier alpha value is -1.99. The van der Waals surface area contributed by atoms with Gasteiger partial charge in [0.05, 0.1) is 18.1 Å². The van der Waals surface area contributed by atoms with Crippen molar-refractivity contribution < 1.29 is 14.5 Å². The van der Waals surface area contributed by atoms with Crippen molar-refractivity contribution >= 4 is 17.3 Å². The summed E-state index contributed by atoms with van der Waals surface area (Å²) >= 11 is 0. The van der Waals surface area contributed by atoms with Crippen LogP contribution < -0.4 is 10.6 Å². The molecule has 2 N–H and O–H groups in total. The molecule has 0 saturated carbocycles. The Morgan fingerprint density at radius 1 is 1.45 bits per heavy atom. The van der Waals surface area contributed by atoms with Crippen molar-refractivity contribution in [2.75, 3.05) is 25.1 Å². The number of carbonyl (C=O) groups is 1. The highest BCUT2D eigenvalue weighted by Crippen LogP contribution is 2.28. The lowest BCUT2D eigenvalue weighted by Gasteiger charge is -2.23. The van der Waals surface area contributed by atoms with Crippen LogP contribution >= 0.6 is 0 Å². The molecule has 108 valence electrons. The van der Waals surface area contributed by atoms with E-state index < -0.39 is 11.0 Å². The minimum absolute atomic E-state index is 0.0989. The molecule has 0 aromatic heterocycles. The predicted molar refractivity (Wildman–Crippen MR) is 73.8 cm³/mol. The molecule has 1 fully saturated rings. The maximum Gasteiger partial charge on any atom is 0.293 e. The van der Waals surface area contributed by atoms with Gasteiger partial charge in [0.25, 0.3) is 5.69 Å². The number of nitrogens with one attached hydrogen (secondary N) is 2. The maximum atomic E-state index is 12.1. The van der Waals surface area contributed by atoms with Gasteiger partial charge in [-0.3, -0.25) is 14.9 Å². The average molecular weight is 279 g/mol. The van der Waals surface area contributed by atoms with E-state index in [-0.39, 0.29) is 23.9 Å². The van der Waals surface area contributed by atoms with E-state index in [9.17, 15) is 14.9 Å². The number of hydrogen-bond donors (Lipinski definition) is 2. The second-order valence-corrected chi connectivity index (χ2v) is 4.78. The molecule has 1 amide bonds. The minimum Gasteiger partial charge on any atom is -0.378 e. The molecule has 1 aromatic carbocycles. The average Bonchev–Trinajstić information content (AvgIpc) is 2.43. The zero-order valence-corrected chi connectivity index (χ0v) is 11.4. The normalized spacial score (nSPS) is 18.6. The Morgan fingerprint density at radius 3 is 2.75 bits per heavy atom. The van der Waals surface area contributed by atoms with E-state index in [0.717, 1.165) is 11.1 Å². The van der Waals surface area contributed by atoms with Crippen LogP contribution in [0.1, 0.15) is 11.1 Å². The zero-order valence-electron chi connectivity index (χ0n) is 11.4. The number of nitrogens with zero attached hydrogens (tertiary/aromatic N) is 1. The first-order valence-corrected chi connectivity index (χ1v) is 6.36. The maximum absolute atomic E-state index is 12.1. The molecule has 1 heterocycles. The van der Waals surface area contributed by atoms with Crippen molar-refractivity contribution in [3.63, 3.8) is 0 Å². The van der Waals surface area contributed by atoms with Crippen molar-refractivity contribution in [1.29, 1.82) is 0 Å². The van der Waals surface area contributed by atoms with Gasteiger partial charge in [-0.25, -0.2) is 0 Å². The molecule has 1 unspecified atom stereocenters. The first kappa shape index (κ1) is 14.4. The molecule has 1 saturated heterocycles. The predicted octanol–water partition coefficient (Wildman–Crippen LogP) is 1.14. The summed E-state index contributed by atoms with van der Waals surface area (Å²) in [6.45, 7) is 5.06. The highest BCUT2D eigenvalue weighted by molar-refractivity contribution is 5.97. The van der Waals surface area contributed by atoms with Gasteiger partial charge in [0.2, 0.25) is 5.91 Å². The summed E-state index contributed by atoms with van der Waals surface area (Å²) in [7, 11) is 0. The number of anilines is 1. The molecule has 7 heteroatoms. The molecular weight excluding hydrogens is 262 g/mol. The zero-order chi connectivity index (χ0) is 14.7. The fourth-order valence-electron chi connectivity index (χ4n) is 2.01. The van der Waals surface area contributed by atoms with E-state index in [1.807, 2.05) is 6.92 Å². The SMILES string of the molecule is Cc1cc(NC(=O)C2COCCN2)c([N+](=O)[O-])cc1C.